The second-order valence-corrected chi connectivity index (χ2v) is 6.20. The minimum atomic E-state index is 0.327. The van der Waals surface area contributed by atoms with E-state index in [0.29, 0.717) is 12.1 Å². The molecule has 0 saturated heterocycles. The Labute approximate surface area is 129 Å². The van der Waals surface area contributed by atoms with Crippen molar-refractivity contribution in [3.05, 3.63) is 23.8 Å². The average Bonchev–Trinajstić information content (AvgIpc) is 2.48. The summed E-state index contributed by atoms with van der Waals surface area (Å²) in [7, 11) is 1.72. The molecule has 0 heterocycles. The van der Waals surface area contributed by atoms with Gasteiger partial charge in [0.05, 0.1) is 13.2 Å². The molecule has 3 nitrogen and oxygen atoms in total. The second-order valence-electron chi connectivity index (χ2n) is 6.20. The smallest absolute Gasteiger partial charge is 0.161 e. The summed E-state index contributed by atoms with van der Waals surface area (Å²) in [4.78, 5) is 0. The predicted molar refractivity (Wildman–Crippen MR) is 87.1 cm³/mol. The molecule has 1 aromatic carbocycles. The monoisotopic (exact) mass is 291 g/mol. The van der Waals surface area contributed by atoms with Crippen molar-refractivity contribution in [3.8, 4) is 11.5 Å². The zero-order valence-electron chi connectivity index (χ0n) is 13.8. The molecule has 0 aliphatic heterocycles. The molecule has 1 aliphatic rings. The molecule has 1 N–H and O–H groups in total. The molecular formula is C18H29NO2. The van der Waals surface area contributed by atoms with E-state index in [1.165, 1.54) is 18.4 Å². The Balaban J connectivity index is 2.08. The summed E-state index contributed by atoms with van der Waals surface area (Å²) >= 11 is 0. The van der Waals surface area contributed by atoms with Crippen LogP contribution in [0, 0.1) is 5.92 Å². The van der Waals surface area contributed by atoms with Gasteiger partial charge in [-0.3, -0.25) is 0 Å². The summed E-state index contributed by atoms with van der Waals surface area (Å²) < 4.78 is 11.7. The topological polar surface area (TPSA) is 30.5 Å². The number of benzene rings is 1. The molecule has 0 spiro atoms. The van der Waals surface area contributed by atoms with Crippen LogP contribution >= 0.6 is 0 Å². The fraction of sp³-hybridized carbons (Fsp3) is 0.667. The average molecular weight is 291 g/mol. The van der Waals surface area contributed by atoms with Gasteiger partial charge in [0, 0.05) is 6.04 Å². The zero-order chi connectivity index (χ0) is 15.2. The van der Waals surface area contributed by atoms with E-state index in [4.69, 9.17) is 9.47 Å². The molecule has 118 valence electrons. The molecular weight excluding hydrogens is 262 g/mol. The maximum atomic E-state index is 6.20. The summed E-state index contributed by atoms with van der Waals surface area (Å²) in [5, 5.41) is 3.42. The Morgan fingerprint density at radius 3 is 2.76 bits per heavy atom. The van der Waals surface area contributed by atoms with Gasteiger partial charge >= 0.3 is 0 Å². The van der Waals surface area contributed by atoms with Gasteiger partial charge in [0.15, 0.2) is 11.5 Å². The van der Waals surface area contributed by atoms with E-state index in [-0.39, 0.29) is 0 Å². The number of hydrogen-bond donors (Lipinski definition) is 1. The minimum Gasteiger partial charge on any atom is -0.493 e. The molecule has 0 bridgehead atoms. The first-order valence-corrected chi connectivity index (χ1v) is 8.22. The number of rotatable bonds is 6. The largest absolute Gasteiger partial charge is 0.493 e. The lowest BCUT2D eigenvalue weighted by Crippen LogP contribution is -2.24. The van der Waals surface area contributed by atoms with Gasteiger partial charge in [-0.2, -0.15) is 0 Å². The molecule has 0 aromatic heterocycles. The van der Waals surface area contributed by atoms with Gasteiger partial charge in [0.1, 0.15) is 0 Å². The molecule has 3 unspecified atom stereocenters. The predicted octanol–water partition coefficient (Wildman–Crippen LogP) is 4.32. The van der Waals surface area contributed by atoms with E-state index in [1.54, 1.807) is 7.11 Å². The van der Waals surface area contributed by atoms with Crippen molar-refractivity contribution in [2.24, 2.45) is 5.92 Å². The van der Waals surface area contributed by atoms with E-state index >= 15 is 0 Å². The lowest BCUT2D eigenvalue weighted by molar-refractivity contribution is 0.125. The molecule has 3 atom stereocenters. The molecule has 3 heteroatoms. The van der Waals surface area contributed by atoms with Crippen molar-refractivity contribution < 1.29 is 9.47 Å². The summed E-state index contributed by atoms with van der Waals surface area (Å²) in [5.41, 5.74) is 1.23. The van der Waals surface area contributed by atoms with Gasteiger partial charge in [0.25, 0.3) is 0 Å². The normalized spacial score (nSPS) is 23.6. The van der Waals surface area contributed by atoms with Gasteiger partial charge in [-0.15, -0.1) is 0 Å². The Hall–Kier alpha value is -1.22. The van der Waals surface area contributed by atoms with Gasteiger partial charge in [-0.25, -0.2) is 0 Å². The van der Waals surface area contributed by atoms with Crippen LogP contribution in [0.1, 0.15) is 58.1 Å². The number of hydrogen-bond acceptors (Lipinski definition) is 3. The third-order valence-corrected chi connectivity index (χ3v) is 4.38. The minimum absolute atomic E-state index is 0.327. The third-order valence-electron chi connectivity index (χ3n) is 4.38. The molecule has 1 saturated carbocycles. The van der Waals surface area contributed by atoms with Crippen molar-refractivity contribution in [3.63, 3.8) is 0 Å². The van der Waals surface area contributed by atoms with Gasteiger partial charge in [-0.1, -0.05) is 26.3 Å². The fourth-order valence-corrected chi connectivity index (χ4v) is 3.14. The van der Waals surface area contributed by atoms with E-state index in [0.717, 1.165) is 36.8 Å². The van der Waals surface area contributed by atoms with Crippen LogP contribution in [-0.2, 0) is 0 Å². The Morgan fingerprint density at radius 1 is 1.29 bits per heavy atom. The maximum absolute atomic E-state index is 6.20. The summed E-state index contributed by atoms with van der Waals surface area (Å²) in [5.74, 6) is 2.49. The lowest BCUT2D eigenvalue weighted by Gasteiger charge is -2.28. The molecule has 21 heavy (non-hydrogen) atoms. The van der Waals surface area contributed by atoms with Crippen LogP contribution in [0.15, 0.2) is 18.2 Å². The zero-order valence-corrected chi connectivity index (χ0v) is 13.8. The fourth-order valence-electron chi connectivity index (χ4n) is 3.14. The SMILES string of the molecule is CCNC(C)c1ccc(OC2CCCC(C)C2)c(OC)c1. The van der Waals surface area contributed by atoms with Crippen molar-refractivity contribution in [2.45, 2.75) is 58.6 Å². The summed E-state index contributed by atoms with van der Waals surface area (Å²) in [6.07, 6.45) is 5.24. The molecule has 1 fully saturated rings. The van der Waals surface area contributed by atoms with Gasteiger partial charge < -0.3 is 14.8 Å². The Bertz CT molecular complexity index is 447. The van der Waals surface area contributed by atoms with Crippen molar-refractivity contribution in [2.75, 3.05) is 13.7 Å². The van der Waals surface area contributed by atoms with E-state index in [2.05, 4.69) is 44.3 Å². The molecule has 2 rings (SSSR count). The van der Waals surface area contributed by atoms with E-state index < -0.39 is 0 Å². The third kappa shape index (κ3) is 4.37. The van der Waals surface area contributed by atoms with Crippen LogP contribution in [0.25, 0.3) is 0 Å². The maximum Gasteiger partial charge on any atom is 0.161 e. The summed E-state index contributed by atoms with van der Waals surface area (Å²) in [6.45, 7) is 7.56. The first kappa shape index (κ1) is 16.2. The van der Waals surface area contributed by atoms with Gasteiger partial charge in [-0.05, 0) is 56.3 Å². The number of nitrogens with one attached hydrogen (secondary N) is 1. The van der Waals surface area contributed by atoms with Gasteiger partial charge in [0.2, 0.25) is 0 Å². The summed E-state index contributed by atoms with van der Waals surface area (Å²) in [6, 6.07) is 6.61. The van der Waals surface area contributed by atoms with Crippen LogP contribution in [0.2, 0.25) is 0 Å². The quantitative estimate of drug-likeness (QED) is 0.846. The Morgan fingerprint density at radius 2 is 2.10 bits per heavy atom. The first-order valence-electron chi connectivity index (χ1n) is 8.22. The highest BCUT2D eigenvalue weighted by atomic mass is 16.5. The highest BCUT2D eigenvalue weighted by molar-refractivity contribution is 5.44. The van der Waals surface area contributed by atoms with E-state index in [1.807, 2.05) is 0 Å². The van der Waals surface area contributed by atoms with Crippen LogP contribution in [-0.4, -0.2) is 19.8 Å². The highest BCUT2D eigenvalue weighted by Gasteiger charge is 2.21. The van der Waals surface area contributed by atoms with Crippen LogP contribution in [0.3, 0.4) is 0 Å². The van der Waals surface area contributed by atoms with Crippen LogP contribution in [0.5, 0.6) is 11.5 Å². The highest BCUT2D eigenvalue weighted by Crippen LogP contribution is 2.34. The Kier molecular flexibility index (Phi) is 5.92. The second kappa shape index (κ2) is 7.69. The lowest BCUT2D eigenvalue weighted by atomic mass is 9.89. The van der Waals surface area contributed by atoms with Crippen molar-refractivity contribution in [1.29, 1.82) is 0 Å². The van der Waals surface area contributed by atoms with Crippen molar-refractivity contribution in [1.82, 2.24) is 5.32 Å². The molecule has 0 amide bonds. The van der Waals surface area contributed by atoms with Crippen LogP contribution < -0.4 is 14.8 Å². The number of ether oxygens (including phenoxy) is 2. The van der Waals surface area contributed by atoms with Crippen LogP contribution in [0.4, 0.5) is 0 Å². The number of methoxy groups -OCH3 is 1. The first-order chi connectivity index (χ1) is 10.1. The van der Waals surface area contributed by atoms with Crippen molar-refractivity contribution >= 4 is 0 Å². The molecule has 0 radical (unpaired) electrons. The molecule has 1 aromatic rings. The standard InChI is InChI=1S/C18H29NO2/c1-5-19-14(3)15-9-10-17(18(12-15)20-4)21-16-8-6-7-13(2)11-16/h9-10,12-14,16,19H,5-8,11H2,1-4H3. The molecule has 1 aliphatic carbocycles. The van der Waals surface area contributed by atoms with E-state index in [9.17, 15) is 0 Å².